The van der Waals surface area contributed by atoms with Gasteiger partial charge < -0.3 is 14.5 Å². The Kier molecular flexibility index (Phi) is 4.17. The highest BCUT2D eigenvalue weighted by Crippen LogP contribution is 2.33. The van der Waals surface area contributed by atoms with E-state index in [0.717, 1.165) is 11.3 Å². The van der Waals surface area contributed by atoms with Gasteiger partial charge in [0.15, 0.2) is 5.22 Å². The summed E-state index contributed by atoms with van der Waals surface area (Å²) in [5.74, 6) is 1.45. The van der Waals surface area contributed by atoms with Crippen molar-refractivity contribution in [3.8, 4) is 5.75 Å². The quantitative estimate of drug-likeness (QED) is 0.925. The van der Waals surface area contributed by atoms with Crippen LogP contribution in [0.3, 0.4) is 0 Å². The predicted octanol–water partition coefficient (Wildman–Crippen LogP) is 3.90. The number of rotatable bonds is 4. The molecule has 1 heterocycles. The number of nitrogens with one attached hydrogen (secondary N) is 1. The van der Waals surface area contributed by atoms with Gasteiger partial charge in [0.2, 0.25) is 0 Å². The second-order valence-corrected chi connectivity index (χ2v) is 4.56. The average molecular weight is 286 g/mol. The van der Waals surface area contributed by atoms with E-state index in [0.29, 0.717) is 16.0 Å². The van der Waals surface area contributed by atoms with Crippen LogP contribution in [0.1, 0.15) is 17.4 Å². The number of halogens is 2. The van der Waals surface area contributed by atoms with Gasteiger partial charge >= 0.3 is 0 Å². The number of furan rings is 1. The first-order valence-electron chi connectivity index (χ1n) is 5.41. The molecule has 0 bridgehead atoms. The molecule has 2 aromatic rings. The summed E-state index contributed by atoms with van der Waals surface area (Å²) in [7, 11) is 3.45. The second-order valence-electron chi connectivity index (χ2n) is 3.75. The third kappa shape index (κ3) is 2.64. The van der Waals surface area contributed by atoms with E-state index in [2.05, 4.69) is 5.32 Å². The topological polar surface area (TPSA) is 34.4 Å². The molecule has 0 spiro atoms. The summed E-state index contributed by atoms with van der Waals surface area (Å²) >= 11 is 11.8. The van der Waals surface area contributed by atoms with E-state index >= 15 is 0 Å². The molecule has 1 unspecified atom stereocenters. The SMILES string of the molecule is CNC(c1ccc(Cl)o1)c1cc(Cl)ccc1OC. The van der Waals surface area contributed by atoms with Crippen LogP contribution in [0.25, 0.3) is 0 Å². The number of methoxy groups -OCH3 is 1. The summed E-state index contributed by atoms with van der Waals surface area (Å²) in [5, 5.41) is 4.15. The molecule has 1 aromatic heterocycles. The summed E-state index contributed by atoms with van der Waals surface area (Å²) in [6, 6.07) is 8.82. The molecule has 1 atom stereocenters. The van der Waals surface area contributed by atoms with Crippen LogP contribution in [0.4, 0.5) is 0 Å². The van der Waals surface area contributed by atoms with Gasteiger partial charge in [-0.3, -0.25) is 0 Å². The van der Waals surface area contributed by atoms with Gasteiger partial charge in [-0.2, -0.15) is 0 Å². The van der Waals surface area contributed by atoms with E-state index in [-0.39, 0.29) is 6.04 Å². The second kappa shape index (κ2) is 5.65. The number of hydrogen-bond donors (Lipinski definition) is 1. The van der Waals surface area contributed by atoms with E-state index in [1.54, 1.807) is 19.2 Å². The maximum Gasteiger partial charge on any atom is 0.193 e. The Balaban J connectivity index is 2.47. The highest BCUT2D eigenvalue weighted by Gasteiger charge is 2.20. The first kappa shape index (κ1) is 13.3. The summed E-state index contributed by atoms with van der Waals surface area (Å²) in [5.41, 5.74) is 0.901. The summed E-state index contributed by atoms with van der Waals surface area (Å²) < 4.78 is 10.8. The zero-order valence-corrected chi connectivity index (χ0v) is 11.5. The van der Waals surface area contributed by atoms with Gasteiger partial charge in [-0.1, -0.05) is 11.6 Å². The monoisotopic (exact) mass is 285 g/mol. The molecule has 0 aliphatic rings. The van der Waals surface area contributed by atoms with Crippen LogP contribution < -0.4 is 10.1 Å². The van der Waals surface area contributed by atoms with Gasteiger partial charge in [-0.15, -0.1) is 0 Å². The molecule has 0 aliphatic carbocycles. The summed E-state index contributed by atoms with van der Waals surface area (Å²) in [6.07, 6.45) is 0. The van der Waals surface area contributed by atoms with Crippen LogP contribution in [0.15, 0.2) is 34.7 Å². The molecule has 0 fully saturated rings. The fourth-order valence-corrected chi connectivity index (χ4v) is 2.20. The molecule has 3 nitrogen and oxygen atoms in total. The molecule has 1 aromatic carbocycles. The van der Waals surface area contributed by atoms with Crippen molar-refractivity contribution in [2.75, 3.05) is 14.2 Å². The molecule has 2 rings (SSSR count). The largest absolute Gasteiger partial charge is 0.496 e. The molecule has 5 heteroatoms. The molecule has 0 saturated heterocycles. The minimum absolute atomic E-state index is 0.161. The Morgan fingerprint density at radius 1 is 1.22 bits per heavy atom. The molecular formula is C13H13Cl2NO2. The molecule has 0 radical (unpaired) electrons. The zero-order valence-electron chi connectivity index (χ0n) is 10.0. The Morgan fingerprint density at radius 2 is 2.00 bits per heavy atom. The molecule has 1 N–H and O–H groups in total. The molecular weight excluding hydrogens is 273 g/mol. The van der Waals surface area contributed by atoms with Crippen molar-refractivity contribution in [2.24, 2.45) is 0 Å². The fourth-order valence-electron chi connectivity index (χ4n) is 1.87. The highest BCUT2D eigenvalue weighted by atomic mass is 35.5. The van der Waals surface area contributed by atoms with Crippen LogP contribution in [0.5, 0.6) is 5.75 Å². The van der Waals surface area contributed by atoms with Gasteiger partial charge in [0.25, 0.3) is 0 Å². The lowest BCUT2D eigenvalue weighted by atomic mass is 10.0. The molecule has 18 heavy (non-hydrogen) atoms. The lowest BCUT2D eigenvalue weighted by molar-refractivity contribution is 0.397. The van der Waals surface area contributed by atoms with Crippen molar-refractivity contribution in [1.82, 2.24) is 5.32 Å². The summed E-state index contributed by atoms with van der Waals surface area (Å²) in [4.78, 5) is 0. The van der Waals surface area contributed by atoms with Crippen LogP contribution in [-0.4, -0.2) is 14.2 Å². The average Bonchev–Trinajstić information content (AvgIpc) is 2.77. The minimum Gasteiger partial charge on any atom is -0.496 e. The number of ether oxygens (including phenoxy) is 1. The van der Waals surface area contributed by atoms with Crippen molar-refractivity contribution in [3.05, 3.63) is 51.9 Å². The van der Waals surface area contributed by atoms with E-state index in [1.165, 1.54) is 0 Å². The number of benzene rings is 1. The third-order valence-electron chi connectivity index (χ3n) is 2.67. The van der Waals surface area contributed by atoms with E-state index in [4.69, 9.17) is 32.4 Å². The van der Waals surface area contributed by atoms with Gasteiger partial charge in [-0.25, -0.2) is 0 Å². The summed E-state index contributed by atoms with van der Waals surface area (Å²) in [6.45, 7) is 0. The van der Waals surface area contributed by atoms with Gasteiger partial charge in [0, 0.05) is 10.6 Å². The Bertz CT molecular complexity index is 540. The zero-order chi connectivity index (χ0) is 13.1. The standard InChI is InChI=1S/C13H13Cl2NO2/c1-16-13(11-5-6-12(15)18-11)9-7-8(14)3-4-10(9)17-2/h3-7,13,16H,1-2H3. The van der Waals surface area contributed by atoms with E-state index in [1.807, 2.05) is 25.2 Å². The highest BCUT2D eigenvalue weighted by molar-refractivity contribution is 6.30. The molecule has 0 aliphatic heterocycles. The van der Waals surface area contributed by atoms with Crippen LogP contribution in [0.2, 0.25) is 10.2 Å². The normalized spacial score (nSPS) is 12.4. The van der Waals surface area contributed by atoms with E-state index in [9.17, 15) is 0 Å². The number of hydrogen-bond acceptors (Lipinski definition) is 3. The third-order valence-corrected chi connectivity index (χ3v) is 3.11. The Labute approximate surface area is 116 Å². The maximum atomic E-state index is 6.03. The first-order chi connectivity index (χ1) is 8.65. The van der Waals surface area contributed by atoms with Crippen molar-refractivity contribution in [1.29, 1.82) is 0 Å². The minimum atomic E-state index is -0.161. The van der Waals surface area contributed by atoms with Crippen LogP contribution in [-0.2, 0) is 0 Å². The van der Waals surface area contributed by atoms with Crippen molar-refractivity contribution < 1.29 is 9.15 Å². The van der Waals surface area contributed by atoms with Gasteiger partial charge in [0.05, 0.1) is 13.2 Å². The van der Waals surface area contributed by atoms with Crippen molar-refractivity contribution >= 4 is 23.2 Å². The first-order valence-corrected chi connectivity index (χ1v) is 6.17. The lowest BCUT2D eigenvalue weighted by Crippen LogP contribution is -2.17. The van der Waals surface area contributed by atoms with Crippen molar-refractivity contribution in [3.63, 3.8) is 0 Å². The van der Waals surface area contributed by atoms with E-state index < -0.39 is 0 Å². The van der Waals surface area contributed by atoms with Gasteiger partial charge in [-0.05, 0) is 49.0 Å². The Morgan fingerprint density at radius 3 is 2.56 bits per heavy atom. The predicted molar refractivity (Wildman–Crippen MR) is 72.6 cm³/mol. The maximum absolute atomic E-state index is 6.03. The smallest absolute Gasteiger partial charge is 0.193 e. The Hall–Kier alpha value is -1.16. The lowest BCUT2D eigenvalue weighted by Gasteiger charge is -2.17. The molecule has 0 amide bonds. The molecule has 0 saturated carbocycles. The molecule has 96 valence electrons. The van der Waals surface area contributed by atoms with Gasteiger partial charge in [0.1, 0.15) is 11.5 Å². The van der Waals surface area contributed by atoms with Crippen LogP contribution >= 0.6 is 23.2 Å². The van der Waals surface area contributed by atoms with Crippen LogP contribution in [0, 0.1) is 0 Å². The fraction of sp³-hybridized carbons (Fsp3) is 0.231. The van der Waals surface area contributed by atoms with Crippen molar-refractivity contribution in [2.45, 2.75) is 6.04 Å².